The number of hydrogen-bond donors (Lipinski definition) is 1. The summed E-state index contributed by atoms with van der Waals surface area (Å²) in [4.78, 5) is 10.7. The van der Waals surface area contributed by atoms with Crippen LogP contribution in [0.25, 0.3) is 0 Å². The van der Waals surface area contributed by atoms with Crippen LogP contribution in [0.5, 0.6) is 0 Å². The van der Waals surface area contributed by atoms with Crippen LogP contribution in [0, 0.1) is 0 Å². The first kappa shape index (κ1) is 10.5. The normalized spacial score (nSPS) is 15.6. The highest BCUT2D eigenvalue weighted by molar-refractivity contribution is 7.13. The first-order chi connectivity index (χ1) is 8.31. The molecule has 0 aromatic carbocycles. The zero-order valence-corrected chi connectivity index (χ0v) is 10.1. The first-order valence-corrected chi connectivity index (χ1v) is 6.46. The predicted octanol–water partition coefficient (Wildman–Crippen LogP) is 1.30. The Morgan fingerprint density at radius 3 is 2.88 bits per heavy atom. The van der Waals surface area contributed by atoms with Crippen LogP contribution in [0.1, 0.15) is 24.4 Å². The maximum absolute atomic E-state index is 5.57. The molecule has 1 fully saturated rings. The van der Waals surface area contributed by atoms with E-state index in [0.717, 1.165) is 18.8 Å². The number of aromatic nitrogens is 3. The molecule has 0 unspecified atom stereocenters. The molecule has 1 aliphatic heterocycles. The molecule has 7 heteroatoms. The van der Waals surface area contributed by atoms with E-state index in [1.807, 2.05) is 5.38 Å². The van der Waals surface area contributed by atoms with Gasteiger partial charge in [-0.25, -0.2) is 4.98 Å². The zero-order valence-electron chi connectivity index (χ0n) is 9.30. The minimum absolute atomic E-state index is 0.550. The fourth-order valence-electron chi connectivity index (χ4n) is 1.92. The van der Waals surface area contributed by atoms with Crippen LogP contribution in [0.2, 0.25) is 0 Å². The maximum atomic E-state index is 5.57. The second-order valence-corrected chi connectivity index (χ2v) is 4.93. The lowest BCUT2D eigenvalue weighted by Crippen LogP contribution is -2.18. The molecule has 0 atom stereocenters. The van der Waals surface area contributed by atoms with E-state index in [4.69, 9.17) is 10.3 Å². The van der Waals surface area contributed by atoms with Gasteiger partial charge in [-0.1, -0.05) is 0 Å². The molecule has 2 aromatic heterocycles. The highest BCUT2D eigenvalue weighted by Crippen LogP contribution is 2.18. The molecule has 0 radical (unpaired) electrons. The van der Waals surface area contributed by atoms with E-state index in [9.17, 15) is 0 Å². The average Bonchev–Trinajstić information content (AvgIpc) is 3.00. The van der Waals surface area contributed by atoms with E-state index < -0.39 is 0 Å². The van der Waals surface area contributed by atoms with Gasteiger partial charge in [-0.3, -0.25) is 0 Å². The molecule has 1 saturated heterocycles. The summed E-state index contributed by atoms with van der Waals surface area (Å²) in [7, 11) is 0. The van der Waals surface area contributed by atoms with Gasteiger partial charge in [0.2, 0.25) is 5.89 Å². The second kappa shape index (κ2) is 4.33. The molecule has 0 bridgehead atoms. The van der Waals surface area contributed by atoms with Gasteiger partial charge in [-0.15, -0.1) is 11.3 Å². The fourth-order valence-corrected chi connectivity index (χ4v) is 2.48. The van der Waals surface area contributed by atoms with Gasteiger partial charge < -0.3 is 15.2 Å². The predicted molar refractivity (Wildman–Crippen MR) is 65.1 cm³/mol. The lowest BCUT2D eigenvalue weighted by Gasteiger charge is -2.09. The molecule has 2 N–H and O–H groups in total. The van der Waals surface area contributed by atoms with Gasteiger partial charge in [0, 0.05) is 18.5 Å². The van der Waals surface area contributed by atoms with E-state index in [1.165, 1.54) is 24.2 Å². The van der Waals surface area contributed by atoms with Crippen molar-refractivity contribution in [3.05, 3.63) is 17.0 Å². The number of nitrogens with zero attached hydrogens (tertiary/aromatic N) is 4. The van der Waals surface area contributed by atoms with Crippen molar-refractivity contribution < 1.29 is 4.52 Å². The van der Waals surface area contributed by atoms with Crippen LogP contribution >= 0.6 is 11.3 Å². The average molecular weight is 251 g/mol. The third-order valence-corrected chi connectivity index (χ3v) is 3.47. The van der Waals surface area contributed by atoms with Gasteiger partial charge in [0.1, 0.15) is 0 Å². The van der Waals surface area contributed by atoms with E-state index in [1.54, 1.807) is 0 Å². The molecule has 1 aliphatic rings. The Bertz CT molecular complexity index is 502. The van der Waals surface area contributed by atoms with Gasteiger partial charge >= 0.3 is 0 Å². The van der Waals surface area contributed by atoms with E-state index >= 15 is 0 Å². The quantitative estimate of drug-likeness (QED) is 0.885. The van der Waals surface area contributed by atoms with Crippen LogP contribution in [0.4, 0.5) is 11.1 Å². The minimum atomic E-state index is 0.550. The van der Waals surface area contributed by atoms with Crippen molar-refractivity contribution in [1.29, 1.82) is 0 Å². The van der Waals surface area contributed by atoms with Crippen LogP contribution in [0.3, 0.4) is 0 Å². The Balaban J connectivity index is 1.71. The zero-order chi connectivity index (χ0) is 11.7. The largest absolute Gasteiger partial charge is 0.375 e. The molecule has 0 aliphatic carbocycles. The van der Waals surface area contributed by atoms with Crippen molar-refractivity contribution in [2.45, 2.75) is 19.3 Å². The smallest absolute Gasteiger partial charge is 0.266 e. The number of nitrogens with two attached hydrogens (primary N) is 1. The topological polar surface area (TPSA) is 81.1 Å². The molecule has 0 spiro atoms. The van der Waals surface area contributed by atoms with Crippen molar-refractivity contribution in [2.24, 2.45) is 0 Å². The number of nitrogen functional groups attached to an aromatic ring is 1. The first-order valence-electron chi connectivity index (χ1n) is 5.59. The summed E-state index contributed by atoms with van der Waals surface area (Å²) >= 11 is 1.42. The second-order valence-electron chi connectivity index (χ2n) is 4.04. The molecule has 6 nitrogen and oxygen atoms in total. The molecular weight excluding hydrogens is 238 g/mol. The van der Waals surface area contributed by atoms with E-state index in [0.29, 0.717) is 23.4 Å². The summed E-state index contributed by atoms with van der Waals surface area (Å²) in [5.74, 6) is 1.29. The molecule has 0 saturated carbocycles. The Kier molecular flexibility index (Phi) is 2.68. The summed E-state index contributed by atoms with van der Waals surface area (Å²) in [5, 5.41) is 6.47. The molecular formula is C10H13N5OS. The van der Waals surface area contributed by atoms with Crippen molar-refractivity contribution in [3.63, 3.8) is 0 Å². The van der Waals surface area contributed by atoms with Gasteiger partial charge in [0.05, 0.1) is 12.1 Å². The molecule has 0 amide bonds. The Labute approximate surface area is 102 Å². The maximum Gasteiger partial charge on any atom is 0.266 e. The highest BCUT2D eigenvalue weighted by atomic mass is 32.1. The summed E-state index contributed by atoms with van der Waals surface area (Å²) in [6.07, 6.45) is 2.95. The van der Waals surface area contributed by atoms with Crippen molar-refractivity contribution in [3.8, 4) is 0 Å². The van der Waals surface area contributed by atoms with Gasteiger partial charge in [-0.2, -0.15) is 4.98 Å². The summed E-state index contributed by atoms with van der Waals surface area (Å²) in [6.45, 7) is 2.03. The Hall–Kier alpha value is -1.63. The Morgan fingerprint density at radius 1 is 1.35 bits per heavy atom. The Morgan fingerprint density at radius 2 is 2.18 bits per heavy atom. The van der Waals surface area contributed by atoms with Gasteiger partial charge in [0.25, 0.3) is 5.95 Å². The van der Waals surface area contributed by atoms with Crippen molar-refractivity contribution >= 4 is 22.4 Å². The standard InChI is InChI=1S/C10H13N5OS/c11-9-12-7(6-17-9)5-8-13-10(14-16-8)15-3-1-2-4-15/h6H,1-5H2,(H2,11,12). The molecule has 3 rings (SSSR count). The lowest BCUT2D eigenvalue weighted by atomic mass is 10.3. The monoisotopic (exact) mass is 251 g/mol. The van der Waals surface area contributed by atoms with Gasteiger partial charge in [0.15, 0.2) is 5.13 Å². The summed E-state index contributed by atoms with van der Waals surface area (Å²) in [5.41, 5.74) is 6.45. The fraction of sp³-hybridized carbons (Fsp3) is 0.500. The van der Waals surface area contributed by atoms with Crippen LogP contribution in [-0.4, -0.2) is 28.2 Å². The number of hydrogen-bond acceptors (Lipinski definition) is 7. The number of anilines is 2. The SMILES string of the molecule is Nc1nc(Cc2nc(N3CCCC3)no2)cs1. The third-order valence-electron chi connectivity index (χ3n) is 2.75. The van der Waals surface area contributed by atoms with Crippen molar-refractivity contribution in [1.82, 2.24) is 15.1 Å². The van der Waals surface area contributed by atoms with E-state index in [2.05, 4.69) is 20.0 Å². The van der Waals surface area contributed by atoms with Crippen molar-refractivity contribution in [2.75, 3.05) is 23.7 Å². The molecule has 90 valence electrons. The summed E-state index contributed by atoms with van der Waals surface area (Å²) < 4.78 is 5.21. The molecule has 2 aromatic rings. The highest BCUT2D eigenvalue weighted by Gasteiger charge is 2.18. The number of rotatable bonds is 3. The minimum Gasteiger partial charge on any atom is -0.375 e. The number of thiazole rings is 1. The lowest BCUT2D eigenvalue weighted by molar-refractivity contribution is 0.384. The molecule has 17 heavy (non-hydrogen) atoms. The third kappa shape index (κ3) is 2.23. The van der Waals surface area contributed by atoms with Crippen LogP contribution in [0.15, 0.2) is 9.90 Å². The summed E-state index contributed by atoms with van der Waals surface area (Å²) in [6, 6.07) is 0. The molecule has 3 heterocycles. The van der Waals surface area contributed by atoms with Crippen LogP contribution < -0.4 is 10.6 Å². The van der Waals surface area contributed by atoms with E-state index in [-0.39, 0.29) is 0 Å². The van der Waals surface area contributed by atoms with Gasteiger partial charge in [-0.05, 0) is 18.0 Å². The van der Waals surface area contributed by atoms with Crippen LogP contribution in [-0.2, 0) is 6.42 Å².